The van der Waals surface area contributed by atoms with Gasteiger partial charge in [0.15, 0.2) is 6.29 Å². The van der Waals surface area contributed by atoms with E-state index in [-0.39, 0.29) is 5.91 Å². The highest BCUT2D eigenvalue weighted by atomic mass is 16.7. The Bertz CT molecular complexity index is 287. The number of hydrogen-bond acceptors (Lipinski definition) is 6. The van der Waals surface area contributed by atoms with Crippen molar-refractivity contribution in [3.8, 4) is 0 Å². The molecule has 1 amide bonds. The molecule has 1 heterocycles. The van der Waals surface area contributed by atoms with Crippen LogP contribution in [-0.2, 0) is 14.3 Å². The van der Waals surface area contributed by atoms with E-state index >= 15 is 0 Å². The zero-order valence-electron chi connectivity index (χ0n) is 11.3. The van der Waals surface area contributed by atoms with E-state index in [1.807, 2.05) is 6.92 Å². The van der Waals surface area contributed by atoms with Gasteiger partial charge in [-0.25, -0.2) is 0 Å². The standard InChI is InChI=1S/C12H23NO6/c1-3-4-5-18-12-9(13-7(2)15)11(17)10(16)8(6-14)19-12/h8-12,14,16-17H,3-6H2,1-2H3,(H,13,15)/t8?,9?,10-,11?,12?/m1/s1. The number of ether oxygens (including phenoxy) is 2. The molecule has 0 radical (unpaired) electrons. The number of carbonyl (C=O) groups excluding carboxylic acids is 1. The van der Waals surface area contributed by atoms with Crippen LogP contribution in [0.2, 0.25) is 0 Å². The molecule has 1 fully saturated rings. The number of rotatable bonds is 6. The molecule has 0 saturated carbocycles. The van der Waals surface area contributed by atoms with Crippen molar-refractivity contribution in [2.24, 2.45) is 0 Å². The summed E-state index contributed by atoms with van der Waals surface area (Å²) in [7, 11) is 0. The Balaban J connectivity index is 2.71. The fourth-order valence-corrected chi connectivity index (χ4v) is 1.96. The summed E-state index contributed by atoms with van der Waals surface area (Å²) in [6.07, 6.45) is -2.58. The molecule has 112 valence electrons. The lowest BCUT2D eigenvalue weighted by Crippen LogP contribution is -2.64. The van der Waals surface area contributed by atoms with Crippen LogP contribution in [0.15, 0.2) is 0 Å². The second kappa shape index (κ2) is 7.76. The van der Waals surface area contributed by atoms with E-state index < -0.39 is 37.3 Å². The van der Waals surface area contributed by atoms with Gasteiger partial charge in [0.1, 0.15) is 24.4 Å². The minimum Gasteiger partial charge on any atom is -0.394 e. The Morgan fingerprint density at radius 1 is 1.37 bits per heavy atom. The quantitative estimate of drug-likeness (QED) is 0.452. The predicted molar refractivity (Wildman–Crippen MR) is 66.2 cm³/mol. The molecule has 19 heavy (non-hydrogen) atoms. The van der Waals surface area contributed by atoms with E-state index in [0.717, 1.165) is 12.8 Å². The first kappa shape index (κ1) is 16.3. The number of unbranched alkanes of at least 4 members (excludes halogenated alkanes) is 1. The maximum atomic E-state index is 11.1. The molecule has 0 aliphatic carbocycles. The zero-order chi connectivity index (χ0) is 14.4. The molecular weight excluding hydrogens is 254 g/mol. The smallest absolute Gasteiger partial charge is 0.217 e. The average Bonchev–Trinajstić information content (AvgIpc) is 2.37. The molecule has 1 rings (SSSR count). The highest BCUT2D eigenvalue weighted by molar-refractivity contribution is 5.73. The predicted octanol–water partition coefficient (Wildman–Crippen LogP) is -1.25. The van der Waals surface area contributed by atoms with E-state index in [0.29, 0.717) is 6.61 Å². The van der Waals surface area contributed by atoms with Gasteiger partial charge >= 0.3 is 0 Å². The van der Waals surface area contributed by atoms with E-state index in [2.05, 4.69) is 5.32 Å². The Kier molecular flexibility index (Phi) is 6.67. The van der Waals surface area contributed by atoms with Crippen molar-refractivity contribution in [2.75, 3.05) is 13.2 Å². The summed E-state index contributed by atoms with van der Waals surface area (Å²) in [6, 6.07) is -0.854. The van der Waals surface area contributed by atoms with Gasteiger partial charge in [0.2, 0.25) is 5.91 Å². The average molecular weight is 277 g/mol. The second-order valence-corrected chi connectivity index (χ2v) is 4.66. The van der Waals surface area contributed by atoms with Crippen LogP contribution in [0.5, 0.6) is 0 Å². The van der Waals surface area contributed by atoms with Crippen LogP contribution in [0.1, 0.15) is 26.7 Å². The van der Waals surface area contributed by atoms with Crippen LogP contribution in [-0.4, -0.2) is 65.1 Å². The van der Waals surface area contributed by atoms with E-state index in [9.17, 15) is 15.0 Å². The topological polar surface area (TPSA) is 108 Å². The summed E-state index contributed by atoms with van der Waals surface area (Å²) in [5.74, 6) is -0.355. The number of aliphatic hydroxyl groups excluding tert-OH is 3. The van der Waals surface area contributed by atoms with Gasteiger partial charge in [-0.05, 0) is 6.42 Å². The number of hydrogen-bond donors (Lipinski definition) is 4. The lowest BCUT2D eigenvalue weighted by Gasteiger charge is -2.42. The highest BCUT2D eigenvalue weighted by Gasteiger charge is 2.45. The lowest BCUT2D eigenvalue weighted by molar-refractivity contribution is -0.270. The molecule has 1 aliphatic rings. The minimum atomic E-state index is -1.27. The molecule has 4 N–H and O–H groups in total. The summed E-state index contributed by atoms with van der Waals surface area (Å²) in [5.41, 5.74) is 0. The monoisotopic (exact) mass is 277 g/mol. The maximum absolute atomic E-state index is 11.1. The number of nitrogens with one attached hydrogen (secondary N) is 1. The Morgan fingerprint density at radius 3 is 2.58 bits per heavy atom. The molecule has 0 spiro atoms. The van der Waals surface area contributed by atoms with Crippen molar-refractivity contribution in [1.29, 1.82) is 0 Å². The number of aliphatic hydroxyl groups is 3. The molecule has 0 aromatic heterocycles. The van der Waals surface area contributed by atoms with Crippen LogP contribution >= 0.6 is 0 Å². The fraction of sp³-hybridized carbons (Fsp3) is 0.917. The first-order valence-electron chi connectivity index (χ1n) is 6.52. The zero-order valence-corrected chi connectivity index (χ0v) is 11.3. The molecule has 1 saturated heterocycles. The largest absolute Gasteiger partial charge is 0.394 e. The highest BCUT2D eigenvalue weighted by Crippen LogP contribution is 2.22. The fourth-order valence-electron chi connectivity index (χ4n) is 1.96. The molecule has 0 aromatic carbocycles. The third-order valence-electron chi connectivity index (χ3n) is 3.03. The summed E-state index contributed by atoms with van der Waals surface area (Å²) in [6.45, 7) is 3.29. The van der Waals surface area contributed by atoms with Crippen LogP contribution in [0.25, 0.3) is 0 Å². The summed E-state index contributed by atoms with van der Waals surface area (Å²) < 4.78 is 10.8. The molecule has 0 aromatic rings. The van der Waals surface area contributed by atoms with E-state index in [1.165, 1.54) is 6.92 Å². The van der Waals surface area contributed by atoms with Gasteiger partial charge in [0, 0.05) is 13.5 Å². The van der Waals surface area contributed by atoms with Crippen LogP contribution in [0, 0.1) is 0 Å². The maximum Gasteiger partial charge on any atom is 0.217 e. The molecule has 1 aliphatic heterocycles. The first-order valence-corrected chi connectivity index (χ1v) is 6.52. The molecular formula is C12H23NO6. The molecule has 4 unspecified atom stereocenters. The van der Waals surface area contributed by atoms with Crippen molar-refractivity contribution in [2.45, 2.75) is 57.3 Å². The van der Waals surface area contributed by atoms with Gasteiger partial charge in [0.05, 0.1) is 6.61 Å². The Labute approximate surface area is 112 Å². The van der Waals surface area contributed by atoms with Gasteiger partial charge in [-0.15, -0.1) is 0 Å². The Morgan fingerprint density at radius 2 is 2.05 bits per heavy atom. The summed E-state index contributed by atoms with van der Waals surface area (Å²) in [5, 5.41) is 31.3. The summed E-state index contributed by atoms with van der Waals surface area (Å²) >= 11 is 0. The number of carbonyl (C=O) groups is 1. The van der Waals surface area contributed by atoms with Crippen LogP contribution in [0.3, 0.4) is 0 Å². The third-order valence-corrected chi connectivity index (χ3v) is 3.03. The van der Waals surface area contributed by atoms with Gasteiger partial charge in [-0.3, -0.25) is 4.79 Å². The Hall–Kier alpha value is -0.730. The molecule has 0 bridgehead atoms. The number of amides is 1. The van der Waals surface area contributed by atoms with Gasteiger partial charge in [0.25, 0.3) is 0 Å². The van der Waals surface area contributed by atoms with E-state index in [1.54, 1.807) is 0 Å². The van der Waals surface area contributed by atoms with Crippen molar-refractivity contribution >= 4 is 5.91 Å². The van der Waals surface area contributed by atoms with E-state index in [4.69, 9.17) is 14.6 Å². The van der Waals surface area contributed by atoms with Crippen molar-refractivity contribution < 1.29 is 29.6 Å². The van der Waals surface area contributed by atoms with Gasteiger partial charge < -0.3 is 30.1 Å². The van der Waals surface area contributed by atoms with Crippen molar-refractivity contribution in [1.82, 2.24) is 5.32 Å². The SMILES string of the molecule is CCCCOC1OC(CO)[C@@H](O)C(O)C1NC(C)=O. The molecule has 7 heteroatoms. The molecule has 7 nitrogen and oxygen atoms in total. The van der Waals surface area contributed by atoms with Gasteiger partial charge in [-0.2, -0.15) is 0 Å². The van der Waals surface area contributed by atoms with Crippen molar-refractivity contribution in [3.05, 3.63) is 0 Å². The minimum absolute atomic E-state index is 0.355. The molecule has 5 atom stereocenters. The van der Waals surface area contributed by atoms with Crippen LogP contribution < -0.4 is 5.32 Å². The third kappa shape index (κ3) is 4.39. The van der Waals surface area contributed by atoms with Gasteiger partial charge in [-0.1, -0.05) is 13.3 Å². The summed E-state index contributed by atoms with van der Waals surface area (Å²) in [4.78, 5) is 11.1. The lowest BCUT2D eigenvalue weighted by atomic mass is 9.97. The second-order valence-electron chi connectivity index (χ2n) is 4.66. The van der Waals surface area contributed by atoms with Crippen LogP contribution in [0.4, 0.5) is 0 Å². The first-order chi connectivity index (χ1) is 9.01. The van der Waals surface area contributed by atoms with Crippen molar-refractivity contribution in [3.63, 3.8) is 0 Å². The normalized spacial score (nSPS) is 35.1.